The number of likely N-dealkylation sites (tertiary alicyclic amines) is 1. The van der Waals surface area contributed by atoms with Crippen molar-refractivity contribution in [1.29, 1.82) is 0 Å². The maximum atomic E-state index is 6.07. The number of halogens is 2. The molecular weight excluding hydrogens is 415 g/mol. The topological polar surface area (TPSA) is 50.3 Å². The van der Waals surface area contributed by atoms with E-state index in [1.807, 2.05) is 6.07 Å². The standard InChI is InChI=1S/C20H22Cl2N4OS/c1-13-11-28-20-18(13)19(24-12-25-20)23-6-9-26-7-4-14(5-8-26)27-15-2-3-16(21)17(22)10-15/h2-3,10-12,14H,4-9H2,1H3,(H,23,24,25). The van der Waals surface area contributed by atoms with Crippen LogP contribution in [-0.2, 0) is 0 Å². The summed E-state index contributed by atoms with van der Waals surface area (Å²) in [6, 6.07) is 5.44. The molecule has 0 saturated carbocycles. The van der Waals surface area contributed by atoms with Crippen molar-refractivity contribution in [1.82, 2.24) is 14.9 Å². The molecule has 1 aromatic carbocycles. The molecule has 1 saturated heterocycles. The molecule has 1 N–H and O–H groups in total. The van der Waals surface area contributed by atoms with Gasteiger partial charge in [0, 0.05) is 32.2 Å². The zero-order valence-corrected chi connectivity index (χ0v) is 17.9. The number of ether oxygens (including phenoxy) is 1. The second kappa shape index (κ2) is 8.82. The Kier molecular flexibility index (Phi) is 6.21. The molecule has 8 heteroatoms. The fourth-order valence-electron chi connectivity index (χ4n) is 3.48. The lowest BCUT2D eigenvalue weighted by Crippen LogP contribution is -2.40. The molecule has 1 fully saturated rings. The van der Waals surface area contributed by atoms with Crippen LogP contribution in [0.25, 0.3) is 10.2 Å². The number of hydrogen-bond donors (Lipinski definition) is 1. The van der Waals surface area contributed by atoms with E-state index in [9.17, 15) is 0 Å². The van der Waals surface area contributed by atoms with E-state index in [4.69, 9.17) is 27.9 Å². The third-order valence-electron chi connectivity index (χ3n) is 5.00. The van der Waals surface area contributed by atoms with Gasteiger partial charge in [-0.2, -0.15) is 0 Å². The van der Waals surface area contributed by atoms with Crippen molar-refractivity contribution in [3.05, 3.63) is 45.5 Å². The van der Waals surface area contributed by atoms with Gasteiger partial charge < -0.3 is 15.0 Å². The number of nitrogens with one attached hydrogen (secondary N) is 1. The predicted molar refractivity (Wildman–Crippen MR) is 117 cm³/mol. The van der Waals surface area contributed by atoms with Gasteiger partial charge >= 0.3 is 0 Å². The zero-order valence-electron chi connectivity index (χ0n) is 15.6. The number of benzene rings is 1. The molecule has 1 aliphatic heterocycles. The first kappa shape index (κ1) is 19.7. The number of thiophene rings is 1. The molecule has 4 rings (SSSR count). The Morgan fingerprint density at radius 1 is 1.21 bits per heavy atom. The number of fused-ring (bicyclic) bond motifs is 1. The Hall–Kier alpha value is -1.60. The van der Waals surface area contributed by atoms with Crippen molar-refractivity contribution in [3.63, 3.8) is 0 Å². The maximum Gasteiger partial charge on any atom is 0.138 e. The SMILES string of the molecule is Cc1csc2ncnc(NCCN3CCC(Oc4ccc(Cl)c(Cl)c4)CC3)c12. The highest BCUT2D eigenvalue weighted by molar-refractivity contribution is 7.17. The van der Waals surface area contributed by atoms with Crippen LogP contribution in [0.4, 0.5) is 5.82 Å². The molecule has 0 amide bonds. The number of hydrogen-bond acceptors (Lipinski definition) is 6. The van der Waals surface area contributed by atoms with Crippen LogP contribution in [0.15, 0.2) is 29.9 Å². The zero-order chi connectivity index (χ0) is 19.5. The van der Waals surface area contributed by atoms with Crippen LogP contribution < -0.4 is 10.1 Å². The Balaban J connectivity index is 1.24. The summed E-state index contributed by atoms with van der Waals surface area (Å²) in [6.45, 7) is 5.98. The first-order valence-corrected chi connectivity index (χ1v) is 11.0. The molecule has 1 aliphatic rings. The quantitative estimate of drug-likeness (QED) is 0.570. The van der Waals surface area contributed by atoms with Gasteiger partial charge in [-0.3, -0.25) is 0 Å². The van der Waals surface area contributed by atoms with Crippen LogP contribution >= 0.6 is 34.5 Å². The fraction of sp³-hybridized carbons (Fsp3) is 0.400. The molecule has 0 atom stereocenters. The Labute approximate surface area is 178 Å². The predicted octanol–water partition coefficient (Wildman–Crippen LogP) is 5.26. The first-order valence-electron chi connectivity index (χ1n) is 9.37. The molecular formula is C20H22Cl2N4OS. The van der Waals surface area contributed by atoms with E-state index >= 15 is 0 Å². The van der Waals surface area contributed by atoms with Crippen LogP contribution in [0.2, 0.25) is 10.0 Å². The van der Waals surface area contributed by atoms with Gasteiger partial charge in [0.25, 0.3) is 0 Å². The summed E-state index contributed by atoms with van der Waals surface area (Å²) < 4.78 is 6.06. The van der Waals surface area contributed by atoms with Gasteiger partial charge in [-0.1, -0.05) is 23.2 Å². The summed E-state index contributed by atoms with van der Waals surface area (Å²) in [5.41, 5.74) is 1.23. The van der Waals surface area contributed by atoms with Crippen molar-refractivity contribution in [3.8, 4) is 5.75 Å². The van der Waals surface area contributed by atoms with Gasteiger partial charge in [-0.15, -0.1) is 11.3 Å². The lowest BCUT2D eigenvalue weighted by molar-refractivity contribution is 0.103. The summed E-state index contributed by atoms with van der Waals surface area (Å²) in [7, 11) is 0. The van der Waals surface area contributed by atoms with Gasteiger partial charge in [-0.05, 0) is 42.8 Å². The molecule has 0 aliphatic carbocycles. The minimum absolute atomic E-state index is 0.219. The lowest BCUT2D eigenvalue weighted by Gasteiger charge is -2.32. The van der Waals surface area contributed by atoms with Crippen LogP contribution in [0.5, 0.6) is 5.75 Å². The van der Waals surface area contributed by atoms with Crippen molar-refractivity contribution in [2.24, 2.45) is 0 Å². The van der Waals surface area contributed by atoms with E-state index in [0.717, 1.165) is 60.8 Å². The van der Waals surface area contributed by atoms with Crippen molar-refractivity contribution < 1.29 is 4.74 Å². The second-order valence-electron chi connectivity index (χ2n) is 6.98. The average molecular weight is 437 g/mol. The molecule has 0 unspecified atom stereocenters. The molecule has 5 nitrogen and oxygen atoms in total. The average Bonchev–Trinajstić information content (AvgIpc) is 3.08. The molecule has 0 bridgehead atoms. The number of aromatic nitrogens is 2. The summed E-state index contributed by atoms with van der Waals surface area (Å²) in [5, 5.41) is 7.83. The van der Waals surface area contributed by atoms with Crippen LogP contribution in [0.3, 0.4) is 0 Å². The Morgan fingerprint density at radius 2 is 2.04 bits per heavy atom. The smallest absolute Gasteiger partial charge is 0.138 e. The van der Waals surface area contributed by atoms with Crippen molar-refractivity contribution in [2.75, 3.05) is 31.5 Å². The molecule has 0 spiro atoms. The van der Waals surface area contributed by atoms with E-state index in [1.54, 1.807) is 29.8 Å². The van der Waals surface area contributed by atoms with Crippen LogP contribution in [0, 0.1) is 6.92 Å². The highest BCUT2D eigenvalue weighted by Gasteiger charge is 2.20. The summed E-state index contributed by atoms with van der Waals surface area (Å²) in [4.78, 5) is 12.3. The Morgan fingerprint density at radius 3 is 2.82 bits per heavy atom. The number of nitrogens with zero attached hydrogens (tertiary/aromatic N) is 3. The first-order chi connectivity index (χ1) is 13.6. The highest BCUT2D eigenvalue weighted by atomic mass is 35.5. The van der Waals surface area contributed by atoms with E-state index in [1.165, 1.54) is 5.56 Å². The molecule has 3 aromatic rings. The minimum atomic E-state index is 0.219. The number of rotatable bonds is 6. The molecule has 28 heavy (non-hydrogen) atoms. The number of anilines is 1. The number of piperidine rings is 1. The molecule has 0 radical (unpaired) electrons. The molecule has 2 aromatic heterocycles. The number of aryl methyl sites for hydroxylation is 1. The third kappa shape index (κ3) is 4.51. The van der Waals surface area contributed by atoms with Crippen LogP contribution in [-0.4, -0.2) is 47.2 Å². The minimum Gasteiger partial charge on any atom is -0.490 e. The lowest BCUT2D eigenvalue weighted by atomic mass is 10.1. The van der Waals surface area contributed by atoms with Gasteiger partial charge in [0.1, 0.15) is 28.8 Å². The second-order valence-corrected chi connectivity index (χ2v) is 8.66. The largest absolute Gasteiger partial charge is 0.490 e. The normalized spacial score (nSPS) is 15.8. The fourth-order valence-corrected chi connectivity index (χ4v) is 4.65. The van der Waals surface area contributed by atoms with E-state index < -0.39 is 0 Å². The third-order valence-corrected chi connectivity index (χ3v) is 6.75. The maximum absolute atomic E-state index is 6.07. The summed E-state index contributed by atoms with van der Waals surface area (Å²) in [5.74, 6) is 1.72. The molecule has 3 heterocycles. The van der Waals surface area contributed by atoms with Gasteiger partial charge in [0.15, 0.2) is 0 Å². The van der Waals surface area contributed by atoms with Crippen molar-refractivity contribution in [2.45, 2.75) is 25.9 Å². The van der Waals surface area contributed by atoms with E-state index in [0.29, 0.717) is 10.0 Å². The van der Waals surface area contributed by atoms with Gasteiger partial charge in [0.2, 0.25) is 0 Å². The summed E-state index contributed by atoms with van der Waals surface area (Å²) >= 11 is 13.7. The van der Waals surface area contributed by atoms with Crippen LogP contribution in [0.1, 0.15) is 18.4 Å². The van der Waals surface area contributed by atoms with E-state index in [2.05, 4.69) is 32.5 Å². The van der Waals surface area contributed by atoms with Gasteiger partial charge in [0.05, 0.1) is 15.4 Å². The highest BCUT2D eigenvalue weighted by Crippen LogP contribution is 2.29. The van der Waals surface area contributed by atoms with E-state index in [-0.39, 0.29) is 6.10 Å². The van der Waals surface area contributed by atoms with Crippen molar-refractivity contribution >= 4 is 50.6 Å². The molecule has 148 valence electrons. The summed E-state index contributed by atoms with van der Waals surface area (Å²) in [6.07, 6.45) is 3.85. The monoisotopic (exact) mass is 436 g/mol. The Bertz CT molecular complexity index is 957. The van der Waals surface area contributed by atoms with Gasteiger partial charge in [-0.25, -0.2) is 9.97 Å².